The van der Waals surface area contributed by atoms with Crippen LogP contribution in [0.3, 0.4) is 0 Å². The molecule has 2 aliphatic rings. The van der Waals surface area contributed by atoms with E-state index in [-0.39, 0.29) is 11.6 Å². The van der Waals surface area contributed by atoms with E-state index in [4.69, 9.17) is 0 Å². The zero-order valence-corrected chi connectivity index (χ0v) is 16.3. The minimum absolute atomic E-state index is 0.189. The molecule has 0 N–H and O–H groups in total. The SMILES string of the molecule is O=C(CCCCCC(=O)N1CCCC2CCCCC21)Cc1ccc(F)cc1. The zero-order chi connectivity index (χ0) is 19.1. The van der Waals surface area contributed by atoms with Crippen LogP contribution in [0.2, 0.25) is 0 Å². The summed E-state index contributed by atoms with van der Waals surface area (Å²) in [6.45, 7) is 0.941. The number of nitrogens with zero attached hydrogens (tertiary/aromatic N) is 1. The Hall–Kier alpha value is -1.71. The third kappa shape index (κ3) is 5.88. The fourth-order valence-corrected chi connectivity index (χ4v) is 4.77. The largest absolute Gasteiger partial charge is 0.339 e. The molecule has 4 heteroatoms. The summed E-state index contributed by atoms with van der Waals surface area (Å²) >= 11 is 0. The van der Waals surface area contributed by atoms with Gasteiger partial charge in [-0.2, -0.15) is 0 Å². The molecule has 3 rings (SSSR count). The van der Waals surface area contributed by atoms with Crippen molar-refractivity contribution in [2.24, 2.45) is 5.92 Å². The molecule has 1 saturated heterocycles. The zero-order valence-electron chi connectivity index (χ0n) is 16.3. The summed E-state index contributed by atoms with van der Waals surface area (Å²) in [6, 6.07) is 6.63. The van der Waals surface area contributed by atoms with Gasteiger partial charge in [0.2, 0.25) is 5.91 Å². The van der Waals surface area contributed by atoms with Gasteiger partial charge in [0.15, 0.2) is 0 Å². The molecule has 1 aromatic carbocycles. The molecule has 0 spiro atoms. The molecule has 148 valence electrons. The molecule has 1 aliphatic heterocycles. The third-order valence-corrected chi connectivity index (χ3v) is 6.22. The van der Waals surface area contributed by atoms with Crippen molar-refractivity contribution < 1.29 is 14.0 Å². The number of amides is 1. The summed E-state index contributed by atoms with van der Waals surface area (Å²) in [5, 5.41) is 0. The predicted octanol–water partition coefficient (Wildman–Crippen LogP) is 5.07. The van der Waals surface area contributed by atoms with Gasteiger partial charge in [0.25, 0.3) is 0 Å². The highest BCUT2D eigenvalue weighted by Gasteiger charge is 2.35. The third-order valence-electron chi connectivity index (χ3n) is 6.22. The van der Waals surface area contributed by atoms with E-state index in [1.54, 1.807) is 12.1 Å². The van der Waals surface area contributed by atoms with Crippen LogP contribution in [0.1, 0.15) is 76.2 Å². The summed E-state index contributed by atoms with van der Waals surface area (Å²) in [4.78, 5) is 26.9. The maximum absolute atomic E-state index is 12.9. The Labute approximate surface area is 162 Å². The number of hydrogen-bond donors (Lipinski definition) is 0. The molecule has 1 aliphatic carbocycles. The average molecular weight is 374 g/mol. The van der Waals surface area contributed by atoms with E-state index in [2.05, 4.69) is 4.90 Å². The Kier molecular flexibility index (Phi) is 7.42. The van der Waals surface area contributed by atoms with Gasteiger partial charge >= 0.3 is 0 Å². The highest BCUT2D eigenvalue weighted by molar-refractivity contribution is 5.80. The second-order valence-electron chi connectivity index (χ2n) is 8.24. The molecular weight excluding hydrogens is 341 g/mol. The molecular formula is C23H32FNO2. The van der Waals surface area contributed by atoms with E-state index in [0.717, 1.165) is 43.7 Å². The van der Waals surface area contributed by atoms with Crippen molar-refractivity contribution in [3.05, 3.63) is 35.6 Å². The highest BCUT2D eigenvalue weighted by Crippen LogP contribution is 2.35. The first-order valence-corrected chi connectivity index (χ1v) is 10.7. The van der Waals surface area contributed by atoms with Crippen LogP contribution in [0.5, 0.6) is 0 Å². The lowest BCUT2D eigenvalue weighted by Gasteiger charge is -2.44. The number of carbonyl (C=O) groups excluding carboxylic acids is 2. The van der Waals surface area contributed by atoms with Crippen LogP contribution in [0.4, 0.5) is 4.39 Å². The summed E-state index contributed by atoms with van der Waals surface area (Å²) in [6.07, 6.45) is 11.7. The number of Topliss-reactive ketones (excluding diaryl/α,β-unsaturated/α-hetero) is 1. The number of likely N-dealkylation sites (tertiary alicyclic amines) is 1. The highest BCUT2D eigenvalue weighted by atomic mass is 19.1. The number of carbonyl (C=O) groups is 2. The summed E-state index contributed by atoms with van der Waals surface area (Å²) < 4.78 is 12.9. The molecule has 1 saturated carbocycles. The number of halogens is 1. The number of fused-ring (bicyclic) bond motifs is 1. The molecule has 2 fully saturated rings. The van der Waals surface area contributed by atoms with E-state index in [9.17, 15) is 14.0 Å². The molecule has 2 unspecified atom stereocenters. The fraction of sp³-hybridized carbons (Fsp3) is 0.652. The molecule has 1 amide bonds. The minimum atomic E-state index is -0.274. The minimum Gasteiger partial charge on any atom is -0.339 e. The van der Waals surface area contributed by atoms with Crippen molar-refractivity contribution in [3.8, 4) is 0 Å². The maximum atomic E-state index is 12.9. The van der Waals surface area contributed by atoms with Crippen LogP contribution in [-0.2, 0) is 16.0 Å². The van der Waals surface area contributed by atoms with Gasteiger partial charge in [-0.1, -0.05) is 31.4 Å². The molecule has 1 aromatic rings. The number of rotatable bonds is 8. The monoisotopic (exact) mass is 373 g/mol. The van der Waals surface area contributed by atoms with E-state index >= 15 is 0 Å². The van der Waals surface area contributed by atoms with Crippen LogP contribution in [-0.4, -0.2) is 29.2 Å². The standard InChI is InChI=1S/C23H32FNO2/c24-20-14-12-18(13-15-20)17-21(26)9-2-1-3-11-23(27)25-16-6-8-19-7-4-5-10-22(19)25/h12-15,19,22H,1-11,16-17H2. The average Bonchev–Trinajstić information content (AvgIpc) is 2.69. The normalized spacial score (nSPS) is 22.3. The van der Waals surface area contributed by atoms with Gasteiger partial charge < -0.3 is 4.90 Å². The van der Waals surface area contributed by atoms with Crippen molar-refractivity contribution in [1.82, 2.24) is 4.90 Å². The Bertz CT molecular complexity index is 626. The Morgan fingerprint density at radius 3 is 2.44 bits per heavy atom. The number of hydrogen-bond acceptors (Lipinski definition) is 2. The molecule has 1 heterocycles. The summed E-state index contributed by atoms with van der Waals surface area (Å²) in [5.41, 5.74) is 0.865. The Morgan fingerprint density at radius 1 is 0.926 bits per heavy atom. The second-order valence-corrected chi connectivity index (χ2v) is 8.24. The molecule has 3 nitrogen and oxygen atoms in total. The molecule has 27 heavy (non-hydrogen) atoms. The van der Waals surface area contributed by atoms with Crippen molar-refractivity contribution in [3.63, 3.8) is 0 Å². The topological polar surface area (TPSA) is 37.4 Å². The predicted molar refractivity (Wildman–Crippen MR) is 105 cm³/mol. The van der Waals surface area contributed by atoms with E-state index in [0.29, 0.717) is 31.2 Å². The Balaban J connectivity index is 1.32. The smallest absolute Gasteiger partial charge is 0.222 e. The first kappa shape index (κ1) is 20.0. The van der Waals surface area contributed by atoms with E-state index in [1.165, 1.54) is 44.2 Å². The van der Waals surface area contributed by atoms with Crippen LogP contribution in [0.25, 0.3) is 0 Å². The van der Waals surface area contributed by atoms with Gasteiger partial charge in [-0.05, 0) is 62.1 Å². The van der Waals surface area contributed by atoms with Crippen LogP contribution >= 0.6 is 0 Å². The molecule has 2 atom stereocenters. The van der Waals surface area contributed by atoms with Gasteiger partial charge in [0, 0.05) is 31.8 Å². The second kappa shape index (κ2) is 10.0. The quantitative estimate of drug-likeness (QED) is 0.597. The number of ketones is 1. The van der Waals surface area contributed by atoms with Crippen LogP contribution in [0.15, 0.2) is 24.3 Å². The van der Waals surface area contributed by atoms with Gasteiger partial charge in [-0.15, -0.1) is 0 Å². The molecule has 0 aromatic heterocycles. The lowest BCUT2D eigenvalue weighted by atomic mass is 9.78. The van der Waals surface area contributed by atoms with Crippen molar-refractivity contribution in [2.45, 2.75) is 83.1 Å². The summed E-state index contributed by atoms with van der Waals surface area (Å²) in [5.74, 6) is 0.975. The number of benzene rings is 1. The first-order valence-electron chi connectivity index (χ1n) is 10.7. The lowest BCUT2D eigenvalue weighted by molar-refractivity contribution is -0.137. The first-order chi connectivity index (χ1) is 13.1. The number of unbranched alkanes of at least 4 members (excludes halogenated alkanes) is 2. The van der Waals surface area contributed by atoms with Crippen molar-refractivity contribution in [2.75, 3.05) is 6.54 Å². The fourth-order valence-electron chi connectivity index (χ4n) is 4.77. The van der Waals surface area contributed by atoms with Crippen LogP contribution < -0.4 is 0 Å². The van der Waals surface area contributed by atoms with E-state index in [1.807, 2.05) is 0 Å². The molecule has 0 bridgehead atoms. The van der Waals surface area contributed by atoms with Gasteiger partial charge in [-0.25, -0.2) is 4.39 Å². The molecule has 0 radical (unpaired) electrons. The van der Waals surface area contributed by atoms with Gasteiger partial charge in [-0.3, -0.25) is 9.59 Å². The van der Waals surface area contributed by atoms with Crippen LogP contribution in [0, 0.1) is 11.7 Å². The lowest BCUT2D eigenvalue weighted by Crippen LogP contribution is -2.49. The van der Waals surface area contributed by atoms with Crippen molar-refractivity contribution in [1.29, 1.82) is 0 Å². The van der Waals surface area contributed by atoms with Gasteiger partial charge in [0.05, 0.1) is 0 Å². The van der Waals surface area contributed by atoms with E-state index < -0.39 is 0 Å². The maximum Gasteiger partial charge on any atom is 0.222 e. The Morgan fingerprint density at radius 2 is 1.63 bits per heavy atom. The summed E-state index contributed by atoms with van der Waals surface area (Å²) in [7, 11) is 0. The van der Waals surface area contributed by atoms with Crippen molar-refractivity contribution >= 4 is 11.7 Å². The number of piperidine rings is 1. The van der Waals surface area contributed by atoms with Gasteiger partial charge in [0.1, 0.15) is 11.6 Å².